The van der Waals surface area contributed by atoms with Gasteiger partial charge in [-0.25, -0.2) is 0 Å². The van der Waals surface area contributed by atoms with Crippen molar-refractivity contribution >= 4 is 24.8 Å². The van der Waals surface area contributed by atoms with E-state index in [4.69, 9.17) is 5.11 Å². The average Bonchev–Trinajstić information content (AvgIpc) is 2.44. The second-order valence-corrected chi connectivity index (χ2v) is 3.08. The molecule has 0 saturated heterocycles. The van der Waals surface area contributed by atoms with Crippen molar-refractivity contribution in [1.29, 1.82) is 0 Å². The van der Waals surface area contributed by atoms with Gasteiger partial charge in [0.1, 0.15) is 0 Å². The Kier molecular flexibility index (Phi) is 5.44. The van der Waals surface area contributed by atoms with Gasteiger partial charge in [0.05, 0.1) is 12.3 Å². The number of nitrogens with zero attached hydrogens (tertiary/aromatic N) is 2. The summed E-state index contributed by atoms with van der Waals surface area (Å²) in [4.78, 5) is 0. The van der Waals surface area contributed by atoms with Crippen molar-refractivity contribution in [3.05, 3.63) is 17.0 Å². The maximum Gasteiger partial charge on any atom is 0.0926 e. The van der Waals surface area contributed by atoms with E-state index in [-0.39, 0.29) is 31.4 Å². The molecule has 2 heterocycles. The first-order valence-corrected chi connectivity index (χ1v) is 4.18. The second kappa shape index (κ2) is 5.56. The molecule has 0 amide bonds. The molecule has 0 radical (unpaired) electrons. The summed E-state index contributed by atoms with van der Waals surface area (Å²) >= 11 is 0. The quantitative estimate of drug-likeness (QED) is 0.747. The summed E-state index contributed by atoms with van der Waals surface area (Å²) in [5.74, 6) is 0. The van der Waals surface area contributed by atoms with E-state index in [9.17, 15) is 0 Å². The third-order valence-electron chi connectivity index (χ3n) is 2.35. The fraction of sp³-hybridized carbons (Fsp3) is 0.625. The minimum absolute atomic E-state index is 0. The Bertz CT molecular complexity index is 301. The van der Waals surface area contributed by atoms with Gasteiger partial charge in [-0.2, -0.15) is 5.10 Å². The number of aliphatic hydroxyl groups is 1. The summed E-state index contributed by atoms with van der Waals surface area (Å²) in [7, 11) is 1.93. The third kappa shape index (κ3) is 2.20. The Morgan fingerprint density at radius 3 is 2.86 bits per heavy atom. The first-order valence-electron chi connectivity index (χ1n) is 4.18. The smallest absolute Gasteiger partial charge is 0.0926 e. The summed E-state index contributed by atoms with van der Waals surface area (Å²) in [5, 5.41) is 16.5. The van der Waals surface area contributed by atoms with Crippen molar-refractivity contribution in [2.24, 2.45) is 7.05 Å². The minimum Gasteiger partial charge on any atom is -0.390 e. The van der Waals surface area contributed by atoms with Crippen LogP contribution in [0.25, 0.3) is 0 Å². The van der Waals surface area contributed by atoms with Crippen molar-refractivity contribution in [2.75, 3.05) is 6.54 Å². The fourth-order valence-corrected chi connectivity index (χ4v) is 1.73. The Morgan fingerprint density at radius 1 is 1.50 bits per heavy atom. The van der Waals surface area contributed by atoms with Crippen LogP contribution in [0.15, 0.2) is 0 Å². The maximum atomic E-state index is 9.00. The molecule has 0 fully saturated rings. The number of halogens is 2. The van der Waals surface area contributed by atoms with Crippen molar-refractivity contribution in [3.8, 4) is 0 Å². The van der Waals surface area contributed by atoms with Crippen LogP contribution in [0.4, 0.5) is 0 Å². The number of aryl methyl sites for hydroxylation is 1. The zero-order chi connectivity index (χ0) is 8.55. The molecule has 4 nitrogen and oxygen atoms in total. The SMILES string of the molecule is Cl.Cl.Cn1nc(CO)c2c1CCNC2. The van der Waals surface area contributed by atoms with Crippen molar-refractivity contribution in [2.45, 2.75) is 19.6 Å². The Balaban J connectivity index is 0.000000845. The van der Waals surface area contributed by atoms with Gasteiger partial charge in [-0.3, -0.25) is 4.68 Å². The van der Waals surface area contributed by atoms with Crippen LogP contribution in [-0.2, 0) is 26.6 Å². The monoisotopic (exact) mass is 239 g/mol. The molecule has 1 aliphatic heterocycles. The van der Waals surface area contributed by atoms with Gasteiger partial charge in [-0.1, -0.05) is 0 Å². The Hall–Kier alpha value is -0.290. The molecule has 0 saturated carbocycles. The Labute approximate surface area is 95.5 Å². The molecular formula is C8H15Cl2N3O. The van der Waals surface area contributed by atoms with Crippen molar-refractivity contribution < 1.29 is 5.11 Å². The number of aliphatic hydroxyl groups excluding tert-OH is 1. The average molecular weight is 240 g/mol. The summed E-state index contributed by atoms with van der Waals surface area (Å²) in [6, 6.07) is 0. The van der Waals surface area contributed by atoms with E-state index in [1.165, 1.54) is 11.3 Å². The molecule has 0 aromatic carbocycles. The number of rotatable bonds is 1. The van der Waals surface area contributed by atoms with E-state index < -0.39 is 0 Å². The standard InChI is InChI=1S/C8H13N3O.2ClH/c1-11-8-2-3-9-4-6(8)7(5-12)10-11;;/h9,12H,2-5H2,1H3;2*1H. The van der Waals surface area contributed by atoms with E-state index in [1.54, 1.807) is 0 Å². The van der Waals surface area contributed by atoms with E-state index >= 15 is 0 Å². The van der Waals surface area contributed by atoms with Gasteiger partial charge in [0.25, 0.3) is 0 Å². The summed E-state index contributed by atoms with van der Waals surface area (Å²) in [6.07, 6.45) is 1.01. The zero-order valence-corrected chi connectivity index (χ0v) is 9.62. The highest BCUT2D eigenvalue weighted by Crippen LogP contribution is 2.16. The van der Waals surface area contributed by atoms with Gasteiger partial charge in [0, 0.05) is 37.8 Å². The van der Waals surface area contributed by atoms with Crippen molar-refractivity contribution in [1.82, 2.24) is 15.1 Å². The molecule has 6 heteroatoms. The molecule has 1 aromatic rings. The highest BCUT2D eigenvalue weighted by atomic mass is 35.5. The lowest BCUT2D eigenvalue weighted by molar-refractivity contribution is 0.274. The topological polar surface area (TPSA) is 50.1 Å². The van der Waals surface area contributed by atoms with E-state index in [0.717, 1.165) is 25.2 Å². The molecule has 0 aliphatic carbocycles. The normalized spacial score (nSPS) is 13.9. The van der Waals surface area contributed by atoms with Crippen LogP contribution in [0.2, 0.25) is 0 Å². The van der Waals surface area contributed by atoms with Crippen LogP contribution in [-0.4, -0.2) is 21.4 Å². The minimum atomic E-state index is 0. The molecule has 0 atom stereocenters. The predicted molar refractivity (Wildman–Crippen MR) is 59.0 cm³/mol. The molecule has 2 rings (SSSR count). The van der Waals surface area contributed by atoms with Crippen LogP contribution < -0.4 is 5.32 Å². The highest BCUT2D eigenvalue weighted by Gasteiger charge is 2.17. The molecule has 0 bridgehead atoms. The van der Waals surface area contributed by atoms with E-state index in [1.807, 2.05) is 11.7 Å². The molecule has 2 N–H and O–H groups in total. The molecule has 1 aliphatic rings. The van der Waals surface area contributed by atoms with Crippen LogP contribution >= 0.6 is 24.8 Å². The predicted octanol–water partition coefficient (Wildman–Crippen LogP) is 0.402. The summed E-state index contributed by atoms with van der Waals surface area (Å²) in [5.41, 5.74) is 3.27. The molecule has 14 heavy (non-hydrogen) atoms. The maximum absolute atomic E-state index is 9.00. The van der Waals surface area contributed by atoms with E-state index in [0.29, 0.717) is 0 Å². The van der Waals surface area contributed by atoms with Crippen LogP contribution in [0.3, 0.4) is 0 Å². The highest BCUT2D eigenvalue weighted by molar-refractivity contribution is 5.85. The van der Waals surface area contributed by atoms with Gasteiger partial charge < -0.3 is 10.4 Å². The lowest BCUT2D eigenvalue weighted by atomic mass is 10.1. The molecule has 82 valence electrons. The summed E-state index contributed by atoms with van der Waals surface area (Å²) in [6.45, 7) is 1.90. The fourth-order valence-electron chi connectivity index (χ4n) is 1.73. The van der Waals surface area contributed by atoms with Gasteiger partial charge in [0.15, 0.2) is 0 Å². The molecule has 0 unspecified atom stereocenters. The van der Waals surface area contributed by atoms with Crippen LogP contribution in [0.5, 0.6) is 0 Å². The summed E-state index contributed by atoms with van der Waals surface area (Å²) < 4.78 is 1.88. The number of aromatic nitrogens is 2. The van der Waals surface area contributed by atoms with Gasteiger partial charge in [-0.15, -0.1) is 24.8 Å². The first kappa shape index (κ1) is 13.7. The van der Waals surface area contributed by atoms with Crippen LogP contribution in [0, 0.1) is 0 Å². The van der Waals surface area contributed by atoms with E-state index in [2.05, 4.69) is 10.4 Å². The number of fused-ring (bicyclic) bond motifs is 1. The zero-order valence-electron chi connectivity index (χ0n) is 7.99. The number of hydrogen-bond acceptors (Lipinski definition) is 3. The lowest BCUT2D eigenvalue weighted by Crippen LogP contribution is -2.24. The number of hydrogen-bond donors (Lipinski definition) is 2. The largest absolute Gasteiger partial charge is 0.390 e. The molecule has 0 spiro atoms. The van der Waals surface area contributed by atoms with Crippen molar-refractivity contribution in [3.63, 3.8) is 0 Å². The van der Waals surface area contributed by atoms with Gasteiger partial charge in [0.2, 0.25) is 0 Å². The van der Waals surface area contributed by atoms with Crippen LogP contribution in [0.1, 0.15) is 17.0 Å². The van der Waals surface area contributed by atoms with Gasteiger partial charge in [-0.05, 0) is 0 Å². The first-order chi connectivity index (χ1) is 5.83. The molecular weight excluding hydrogens is 225 g/mol. The third-order valence-corrected chi connectivity index (χ3v) is 2.35. The Morgan fingerprint density at radius 2 is 2.21 bits per heavy atom. The number of nitrogens with one attached hydrogen (secondary N) is 1. The lowest BCUT2D eigenvalue weighted by Gasteiger charge is -2.13. The molecule has 1 aromatic heterocycles. The second-order valence-electron chi connectivity index (χ2n) is 3.08. The van der Waals surface area contributed by atoms with Gasteiger partial charge >= 0.3 is 0 Å².